The second-order valence-corrected chi connectivity index (χ2v) is 6.90. The van der Waals surface area contributed by atoms with Crippen molar-refractivity contribution in [1.82, 2.24) is 0 Å². The molecule has 0 heterocycles. The lowest BCUT2D eigenvalue weighted by Crippen LogP contribution is -2.33. The zero-order valence-electron chi connectivity index (χ0n) is 10.8. The van der Waals surface area contributed by atoms with Crippen molar-refractivity contribution < 1.29 is 9.32 Å². The fourth-order valence-corrected chi connectivity index (χ4v) is 3.25. The van der Waals surface area contributed by atoms with E-state index in [1.165, 1.54) is 0 Å². The van der Waals surface area contributed by atoms with Gasteiger partial charge in [0.15, 0.2) is 0 Å². The Hall–Kier alpha value is -0.870. The van der Waals surface area contributed by atoms with E-state index in [1.54, 1.807) is 54.8 Å². The van der Waals surface area contributed by atoms with E-state index >= 15 is 0 Å². The third-order valence-electron chi connectivity index (χ3n) is 3.06. The first-order valence-corrected chi connectivity index (χ1v) is 8.44. The van der Waals surface area contributed by atoms with E-state index in [4.69, 9.17) is 23.2 Å². The van der Waals surface area contributed by atoms with Crippen LogP contribution in [0.4, 0.5) is 0 Å². The van der Waals surface area contributed by atoms with Crippen LogP contribution in [0.5, 0.6) is 0 Å². The SMILES string of the molecule is C[S@](=O)CC(O)(c1ccc(Cl)cc1)c1ccc(Cl)cc1. The molecule has 2 aromatic rings. The van der Waals surface area contributed by atoms with E-state index in [9.17, 15) is 9.32 Å². The number of aliphatic hydroxyl groups is 1. The molecule has 0 fully saturated rings. The maximum absolute atomic E-state index is 11.6. The molecule has 20 heavy (non-hydrogen) atoms. The third-order valence-corrected chi connectivity index (χ3v) is 4.38. The number of rotatable bonds is 4. The Morgan fingerprint density at radius 3 is 1.60 bits per heavy atom. The largest absolute Gasteiger partial charge is 0.379 e. The average molecular weight is 329 g/mol. The zero-order valence-corrected chi connectivity index (χ0v) is 13.2. The molecule has 0 spiro atoms. The van der Waals surface area contributed by atoms with Crippen molar-refractivity contribution in [2.75, 3.05) is 12.0 Å². The van der Waals surface area contributed by atoms with Crippen LogP contribution >= 0.6 is 23.2 Å². The minimum absolute atomic E-state index is 0.107. The number of hydrogen-bond acceptors (Lipinski definition) is 2. The first kappa shape index (κ1) is 15.5. The molecule has 106 valence electrons. The molecule has 0 amide bonds. The predicted octanol–water partition coefficient (Wildman–Crippen LogP) is 3.61. The lowest BCUT2D eigenvalue weighted by atomic mass is 9.88. The van der Waals surface area contributed by atoms with Gasteiger partial charge in [0.25, 0.3) is 0 Å². The smallest absolute Gasteiger partial charge is 0.126 e. The van der Waals surface area contributed by atoms with Crippen molar-refractivity contribution in [3.05, 3.63) is 69.7 Å². The van der Waals surface area contributed by atoms with Crippen LogP contribution in [0.25, 0.3) is 0 Å². The van der Waals surface area contributed by atoms with E-state index in [2.05, 4.69) is 0 Å². The molecule has 0 aliphatic heterocycles. The van der Waals surface area contributed by atoms with Gasteiger partial charge in [-0.05, 0) is 35.4 Å². The molecule has 0 aliphatic rings. The average Bonchev–Trinajstić information content (AvgIpc) is 2.39. The van der Waals surface area contributed by atoms with Crippen LogP contribution in [0, 0.1) is 0 Å². The van der Waals surface area contributed by atoms with E-state index in [0.29, 0.717) is 21.2 Å². The first-order chi connectivity index (χ1) is 9.41. The molecule has 0 bridgehead atoms. The molecule has 0 unspecified atom stereocenters. The van der Waals surface area contributed by atoms with E-state index in [0.717, 1.165) is 0 Å². The first-order valence-electron chi connectivity index (χ1n) is 5.96. The van der Waals surface area contributed by atoms with Gasteiger partial charge in [0, 0.05) is 27.1 Å². The standard InChI is InChI=1S/C15H14Cl2O2S/c1-20(19)10-15(18,11-2-6-13(16)7-3-11)12-4-8-14(17)9-5-12/h2-9,18H,10H2,1H3/t20-/m0/s1. The molecule has 0 aliphatic carbocycles. The molecule has 0 aromatic heterocycles. The van der Waals surface area contributed by atoms with Crippen molar-refractivity contribution in [3.8, 4) is 0 Å². The van der Waals surface area contributed by atoms with Gasteiger partial charge in [-0.2, -0.15) is 0 Å². The summed E-state index contributed by atoms with van der Waals surface area (Å²) in [6.07, 6.45) is 1.57. The van der Waals surface area contributed by atoms with Crippen molar-refractivity contribution in [1.29, 1.82) is 0 Å². The van der Waals surface area contributed by atoms with Gasteiger partial charge in [-0.15, -0.1) is 0 Å². The van der Waals surface area contributed by atoms with Gasteiger partial charge in [0.2, 0.25) is 0 Å². The van der Waals surface area contributed by atoms with Crippen molar-refractivity contribution in [3.63, 3.8) is 0 Å². The van der Waals surface area contributed by atoms with Crippen LogP contribution in [0.2, 0.25) is 10.0 Å². The Morgan fingerprint density at radius 2 is 1.30 bits per heavy atom. The summed E-state index contributed by atoms with van der Waals surface area (Å²) in [6, 6.07) is 13.8. The molecule has 2 nitrogen and oxygen atoms in total. The molecule has 2 aromatic carbocycles. The van der Waals surface area contributed by atoms with Gasteiger partial charge >= 0.3 is 0 Å². The summed E-state index contributed by atoms with van der Waals surface area (Å²) in [7, 11) is -1.16. The Balaban J connectivity index is 2.52. The highest BCUT2D eigenvalue weighted by Crippen LogP contribution is 2.32. The Labute approximate surface area is 130 Å². The molecule has 2 rings (SSSR count). The summed E-state index contributed by atoms with van der Waals surface area (Å²) >= 11 is 11.8. The van der Waals surface area contributed by atoms with Gasteiger partial charge < -0.3 is 5.11 Å². The Bertz CT molecular complexity index is 563. The Morgan fingerprint density at radius 1 is 0.950 bits per heavy atom. The van der Waals surface area contributed by atoms with Gasteiger partial charge in [0.1, 0.15) is 5.60 Å². The van der Waals surface area contributed by atoms with Gasteiger partial charge in [-0.1, -0.05) is 47.5 Å². The van der Waals surface area contributed by atoms with Crippen LogP contribution in [-0.4, -0.2) is 21.3 Å². The molecule has 0 saturated carbocycles. The predicted molar refractivity (Wildman–Crippen MR) is 84.8 cm³/mol. The highest BCUT2D eigenvalue weighted by molar-refractivity contribution is 7.84. The van der Waals surface area contributed by atoms with Crippen LogP contribution in [-0.2, 0) is 16.4 Å². The number of benzene rings is 2. The van der Waals surface area contributed by atoms with E-state index in [-0.39, 0.29) is 5.75 Å². The summed E-state index contributed by atoms with van der Waals surface area (Å²) in [5, 5.41) is 12.2. The molecular weight excluding hydrogens is 315 g/mol. The fourth-order valence-electron chi connectivity index (χ4n) is 2.08. The third kappa shape index (κ3) is 3.41. The highest BCUT2D eigenvalue weighted by Gasteiger charge is 2.32. The summed E-state index contributed by atoms with van der Waals surface area (Å²) in [6.45, 7) is 0. The molecular formula is C15H14Cl2O2S. The maximum Gasteiger partial charge on any atom is 0.126 e. The topological polar surface area (TPSA) is 37.3 Å². The van der Waals surface area contributed by atoms with Crippen LogP contribution < -0.4 is 0 Å². The van der Waals surface area contributed by atoms with Crippen LogP contribution in [0.15, 0.2) is 48.5 Å². The normalized spacial score (nSPS) is 13.2. The van der Waals surface area contributed by atoms with Crippen LogP contribution in [0.3, 0.4) is 0 Å². The highest BCUT2D eigenvalue weighted by atomic mass is 35.5. The van der Waals surface area contributed by atoms with Crippen molar-refractivity contribution >= 4 is 34.0 Å². The van der Waals surface area contributed by atoms with Gasteiger partial charge in [-0.3, -0.25) is 4.21 Å². The lowest BCUT2D eigenvalue weighted by molar-refractivity contribution is 0.107. The zero-order chi connectivity index (χ0) is 14.8. The number of hydrogen-bond donors (Lipinski definition) is 1. The lowest BCUT2D eigenvalue weighted by Gasteiger charge is -2.28. The summed E-state index contributed by atoms with van der Waals surface area (Å²) < 4.78 is 11.6. The van der Waals surface area contributed by atoms with Crippen molar-refractivity contribution in [2.45, 2.75) is 5.60 Å². The van der Waals surface area contributed by atoms with Gasteiger partial charge in [0.05, 0.1) is 5.75 Å². The Kier molecular flexibility index (Phi) is 4.86. The van der Waals surface area contributed by atoms with E-state index in [1.807, 2.05) is 0 Å². The summed E-state index contributed by atoms with van der Waals surface area (Å²) in [5.74, 6) is 0.107. The van der Waals surface area contributed by atoms with E-state index < -0.39 is 16.4 Å². The number of halogens is 2. The monoisotopic (exact) mass is 328 g/mol. The quantitative estimate of drug-likeness (QED) is 0.930. The summed E-state index contributed by atoms with van der Waals surface area (Å²) in [4.78, 5) is 0. The molecule has 5 heteroatoms. The van der Waals surface area contributed by atoms with Gasteiger partial charge in [-0.25, -0.2) is 0 Å². The molecule has 0 saturated heterocycles. The minimum Gasteiger partial charge on any atom is -0.379 e. The fraction of sp³-hybridized carbons (Fsp3) is 0.200. The summed E-state index contributed by atoms with van der Waals surface area (Å²) in [5.41, 5.74) is -0.0201. The molecule has 1 N–H and O–H groups in total. The minimum atomic E-state index is -1.32. The molecule has 0 radical (unpaired) electrons. The second-order valence-electron chi connectivity index (χ2n) is 4.59. The van der Waals surface area contributed by atoms with Crippen LogP contribution in [0.1, 0.15) is 11.1 Å². The second kappa shape index (κ2) is 6.27. The maximum atomic E-state index is 11.6. The van der Waals surface area contributed by atoms with Crippen molar-refractivity contribution in [2.24, 2.45) is 0 Å². The molecule has 1 atom stereocenters.